The van der Waals surface area contributed by atoms with Crippen LogP contribution in [0.25, 0.3) is 17.0 Å². The summed E-state index contributed by atoms with van der Waals surface area (Å²) in [5, 5.41) is 1.61. The highest BCUT2D eigenvalue weighted by atomic mass is 35.5. The van der Waals surface area contributed by atoms with Gasteiger partial charge in [0.1, 0.15) is 23.3 Å². The van der Waals surface area contributed by atoms with Gasteiger partial charge in [0.05, 0.1) is 17.4 Å². The molecule has 0 spiro atoms. The Morgan fingerprint density at radius 3 is 2.53 bits per heavy atom. The number of hydrogen-bond acceptors (Lipinski definition) is 3. The zero-order chi connectivity index (χ0) is 24.0. The van der Waals surface area contributed by atoms with Crippen LogP contribution in [0.2, 0.25) is 5.15 Å². The third kappa shape index (κ3) is 5.64. The molecular formula is C29H28ClN3O. The Morgan fingerprint density at radius 2 is 1.79 bits per heavy atom. The summed E-state index contributed by atoms with van der Waals surface area (Å²) in [5.74, 6) is 1.43. The predicted molar refractivity (Wildman–Crippen MR) is 140 cm³/mol. The summed E-state index contributed by atoms with van der Waals surface area (Å²) in [7, 11) is 0. The molecule has 0 saturated carbocycles. The van der Waals surface area contributed by atoms with Crippen molar-refractivity contribution in [3.63, 3.8) is 0 Å². The SMILES string of the molecule is C\C=C/C(=C\C(=C\c1ncc(Cl)[nH]1)C(C)(C)c1ccccc1)OCc1ccc2ccccc2n1. The summed E-state index contributed by atoms with van der Waals surface area (Å²) in [4.78, 5) is 12.2. The number of aromatic amines is 1. The molecule has 0 saturated heterocycles. The normalized spacial score (nSPS) is 13.1. The van der Waals surface area contributed by atoms with E-state index in [1.54, 1.807) is 6.20 Å². The fourth-order valence-corrected chi connectivity index (χ4v) is 3.90. The highest BCUT2D eigenvalue weighted by molar-refractivity contribution is 6.29. The third-order valence-electron chi connectivity index (χ3n) is 5.75. The van der Waals surface area contributed by atoms with Gasteiger partial charge < -0.3 is 9.72 Å². The number of ether oxygens (including phenoxy) is 1. The minimum absolute atomic E-state index is 0.308. The molecule has 2 heterocycles. The van der Waals surface area contributed by atoms with E-state index in [1.807, 2.05) is 55.5 Å². The van der Waals surface area contributed by atoms with E-state index in [9.17, 15) is 0 Å². The predicted octanol–water partition coefficient (Wildman–Crippen LogP) is 7.65. The minimum Gasteiger partial charge on any atom is -0.487 e. The molecule has 4 rings (SSSR count). The van der Waals surface area contributed by atoms with Gasteiger partial charge >= 0.3 is 0 Å². The summed E-state index contributed by atoms with van der Waals surface area (Å²) in [6.07, 6.45) is 9.62. The molecule has 2 aromatic heterocycles. The molecule has 172 valence electrons. The maximum absolute atomic E-state index is 6.24. The Labute approximate surface area is 205 Å². The second-order valence-electron chi connectivity index (χ2n) is 8.54. The van der Waals surface area contributed by atoms with Crippen LogP contribution < -0.4 is 0 Å². The van der Waals surface area contributed by atoms with Crippen molar-refractivity contribution >= 4 is 28.6 Å². The van der Waals surface area contributed by atoms with Crippen LogP contribution in [-0.2, 0) is 16.8 Å². The summed E-state index contributed by atoms with van der Waals surface area (Å²) in [6, 6.07) is 22.6. The zero-order valence-corrected chi connectivity index (χ0v) is 20.4. The first-order chi connectivity index (χ1) is 16.5. The van der Waals surface area contributed by atoms with Crippen molar-refractivity contribution in [3.05, 3.63) is 125 Å². The van der Waals surface area contributed by atoms with Crippen LogP contribution in [0.1, 0.15) is 37.9 Å². The van der Waals surface area contributed by atoms with E-state index in [0.29, 0.717) is 17.6 Å². The van der Waals surface area contributed by atoms with Crippen LogP contribution in [0.4, 0.5) is 0 Å². The van der Waals surface area contributed by atoms with Gasteiger partial charge in [-0.25, -0.2) is 9.97 Å². The lowest BCUT2D eigenvalue weighted by Crippen LogP contribution is -2.19. The molecule has 0 aliphatic heterocycles. The number of rotatable bonds is 8. The summed E-state index contributed by atoms with van der Waals surface area (Å²) < 4.78 is 6.24. The van der Waals surface area contributed by atoms with E-state index in [1.165, 1.54) is 5.56 Å². The smallest absolute Gasteiger partial charge is 0.131 e. The molecule has 0 bridgehead atoms. The number of halogens is 1. The molecule has 2 aromatic carbocycles. The second-order valence-corrected chi connectivity index (χ2v) is 8.94. The van der Waals surface area contributed by atoms with Gasteiger partial charge in [0.25, 0.3) is 0 Å². The molecule has 0 atom stereocenters. The lowest BCUT2D eigenvalue weighted by atomic mass is 9.77. The molecule has 0 fully saturated rings. The quantitative estimate of drug-likeness (QED) is 0.213. The van der Waals surface area contributed by atoms with E-state index in [2.05, 4.69) is 66.3 Å². The molecule has 0 amide bonds. The molecule has 0 radical (unpaired) electrons. The largest absolute Gasteiger partial charge is 0.487 e. The molecule has 0 aliphatic rings. The highest BCUT2D eigenvalue weighted by Gasteiger charge is 2.25. The number of hydrogen-bond donors (Lipinski definition) is 1. The number of imidazole rings is 1. The number of H-pyrrole nitrogens is 1. The van der Waals surface area contributed by atoms with Gasteiger partial charge in [0, 0.05) is 10.8 Å². The maximum Gasteiger partial charge on any atom is 0.131 e. The Balaban J connectivity index is 1.68. The highest BCUT2D eigenvalue weighted by Crippen LogP contribution is 2.34. The molecule has 4 nitrogen and oxygen atoms in total. The van der Waals surface area contributed by atoms with Crippen molar-refractivity contribution in [3.8, 4) is 0 Å². The molecule has 0 aliphatic carbocycles. The summed E-state index contributed by atoms with van der Waals surface area (Å²) in [5.41, 5.74) is 3.74. The van der Waals surface area contributed by atoms with Crippen molar-refractivity contribution in [2.75, 3.05) is 0 Å². The van der Waals surface area contributed by atoms with E-state index in [0.717, 1.165) is 27.9 Å². The van der Waals surface area contributed by atoms with Crippen LogP contribution >= 0.6 is 11.6 Å². The van der Waals surface area contributed by atoms with E-state index < -0.39 is 0 Å². The molecular weight excluding hydrogens is 442 g/mol. The van der Waals surface area contributed by atoms with Crippen molar-refractivity contribution < 1.29 is 4.74 Å². The molecule has 5 heteroatoms. The first-order valence-electron chi connectivity index (χ1n) is 11.3. The van der Waals surface area contributed by atoms with Gasteiger partial charge in [-0.3, -0.25) is 0 Å². The van der Waals surface area contributed by atoms with Gasteiger partial charge in [0.15, 0.2) is 0 Å². The molecule has 1 N–H and O–H groups in total. The van der Waals surface area contributed by atoms with Crippen molar-refractivity contribution in [1.82, 2.24) is 15.0 Å². The lowest BCUT2D eigenvalue weighted by Gasteiger charge is -2.27. The number of fused-ring (bicyclic) bond motifs is 1. The second kappa shape index (κ2) is 10.5. The Morgan fingerprint density at radius 1 is 1.03 bits per heavy atom. The van der Waals surface area contributed by atoms with E-state index in [-0.39, 0.29) is 5.41 Å². The van der Waals surface area contributed by atoms with Gasteiger partial charge in [-0.15, -0.1) is 0 Å². The third-order valence-corrected chi connectivity index (χ3v) is 5.94. The number of nitrogens with one attached hydrogen (secondary N) is 1. The maximum atomic E-state index is 6.24. The van der Waals surface area contributed by atoms with Gasteiger partial charge in [0.2, 0.25) is 0 Å². The first-order valence-corrected chi connectivity index (χ1v) is 11.6. The lowest BCUT2D eigenvalue weighted by molar-refractivity contribution is 0.207. The van der Waals surface area contributed by atoms with Gasteiger partial charge in [-0.05, 0) is 48.4 Å². The summed E-state index contributed by atoms with van der Waals surface area (Å²) >= 11 is 6.08. The van der Waals surface area contributed by atoms with Crippen LogP contribution in [0.5, 0.6) is 0 Å². The van der Waals surface area contributed by atoms with E-state index >= 15 is 0 Å². The van der Waals surface area contributed by atoms with Crippen molar-refractivity contribution in [2.24, 2.45) is 0 Å². The standard InChI is InChI=1S/C29H28ClN3O/c1-4-10-25(34-20-24-16-15-21-11-8-9-14-26(21)32-24)17-23(18-28-31-19-27(30)33-28)29(2,3)22-12-6-5-7-13-22/h4-19H,20H2,1-3H3,(H,31,33)/b10-4-,23-18-,25-17+. The Kier molecular flexibility index (Phi) is 7.29. The zero-order valence-electron chi connectivity index (χ0n) is 19.6. The number of para-hydroxylation sites is 1. The number of allylic oxidation sites excluding steroid dienone is 4. The minimum atomic E-state index is -0.308. The van der Waals surface area contributed by atoms with Crippen LogP contribution in [0.3, 0.4) is 0 Å². The van der Waals surface area contributed by atoms with Crippen molar-refractivity contribution in [2.45, 2.75) is 32.8 Å². The van der Waals surface area contributed by atoms with Crippen LogP contribution in [0.15, 0.2) is 102 Å². The molecule has 4 aromatic rings. The fourth-order valence-electron chi connectivity index (χ4n) is 3.76. The number of aromatic nitrogens is 3. The average molecular weight is 470 g/mol. The van der Waals surface area contributed by atoms with Gasteiger partial charge in [-0.1, -0.05) is 86.1 Å². The first kappa shape index (κ1) is 23.5. The summed E-state index contributed by atoms with van der Waals surface area (Å²) in [6.45, 7) is 6.72. The Bertz CT molecular complexity index is 1350. The fraction of sp³-hybridized carbons (Fsp3) is 0.172. The Hall–Kier alpha value is -3.63. The van der Waals surface area contributed by atoms with Crippen LogP contribution in [0, 0.1) is 0 Å². The van der Waals surface area contributed by atoms with Crippen molar-refractivity contribution in [1.29, 1.82) is 0 Å². The molecule has 0 unspecified atom stereocenters. The topological polar surface area (TPSA) is 50.8 Å². The van der Waals surface area contributed by atoms with Crippen LogP contribution in [-0.4, -0.2) is 15.0 Å². The van der Waals surface area contributed by atoms with Gasteiger partial charge in [-0.2, -0.15) is 0 Å². The number of pyridine rings is 1. The molecule has 34 heavy (non-hydrogen) atoms. The number of nitrogens with zero attached hydrogens (tertiary/aromatic N) is 2. The number of benzene rings is 2. The van der Waals surface area contributed by atoms with E-state index in [4.69, 9.17) is 21.3 Å². The monoisotopic (exact) mass is 469 g/mol. The average Bonchev–Trinajstić information content (AvgIpc) is 3.27.